The van der Waals surface area contributed by atoms with E-state index in [4.69, 9.17) is 5.11 Å². The van der Waals surface area contributed by atoms with Crippen LogP contribution in [0.2, 0.25) is 0 Å². The summed E-state index contributed by atoms with van der Waals surface area (Å²) < 4.78 is 0. The molecule has 5 heteroatoms. The van der Waals surface area contributed by atoms with Gasteiger partial charge in [0.1, 0.15) is 5.25 Å². The van der Waals surface area contributed by atoms with Gasteiger partial charge in [0.2, 0.25) is 0 Å². The fraction of sp³-hybridized carbons (Fsp3) is 0.0667. The van der Waals surface area contributed by atoms with Gasteiger partial charge in [-0.1, -0.05) is 36.4 Å². The quantitative estimate of drug-likeness (QED) is 0.826. The van der Waals surface area contributed by atoms with Crippen LogP contribution in [0.3, 0.4) is 0 Å². The van der Waals surface area contributed by atoms with Crippen LogP contribution in [0.15, 0.2) is 59.5 Å². The molecule has 2 aromatic carbocycles. The van der Waals surface area contributed by atoms with Crippen LogP contribution in [-0.4, -0.2) is 22.2 Å². The molecule has 102 valence electrons. The number of thioether (sulfide) groups is 1. The van der Waals surface area contributed by atoms with Crippen LogP contribution in [0.5, 0.6) is 0 Å². The van der Waals surface area contributed by atoms with Gasteiger partial charge in [0.05, 0.1) is 5.56 Å². The zero-order valence-corrected chi connectivity index (χ0v) is 11.2. The molecule has 1 unspecified atom stereocenters. The van der Waals surface area contributed by atoms with Crippen LogP contribution >= 0.6 is 11.8 Å². The summed E-state index contributed by atoms with van der Waals surface area (Å²) in [7, 11) is 0. The Morgan fingerprint density at radius 3 is 2.25 bits per heavy atom. The Kier molecular flexibility index (Phi) is 4.42. The molecule has 0 bridgehead atoms. The molecule has 0 aliphatic carbocycles. The SMILES string of the molecule is O=C(O)c1cccc(SC(C(=O)O)c2ccccc2)c1. The lowest BCUT2D eigenvalue weighted by molar-refractivity contribution is -0.136. The van der Waals surface area contributed by atoms with Gasteiger partial charge in [-0.25, -0.2) is 4.79 Å². The topological polar surface area (TPSA) is 74.6 Å². The molecule has 0 spiro atoms. The standard InChI is InChI=1S/C15H12O4S/c16-14(17)11-7-4-8-12(9-11)20-13(15(18)19)10-5-2-1-3-6-10/h1-9,13H,(H,16,17)(H,18,19). The molecule has 2 N–H and O–H groups in total. The first kappa shape index (κ1) is 14.1. The maximum Gasteiger partial charge on any atom is 0.335 e. The molecule has 1 atom stereocenters. The number of rotatable bonds is 5. The van der Waals surface area contributed by atoms with E-state index in [1.807, 2.05) is 6.07 Å². The summed E-state index contributed by atoms with van der Waals surface area (Å²) in [6, 6.07) is 15.1. The number of aromatic carboxylic acids is 1. The summed E-state index contributed by atoms with van der Waals surface area (Å²) in [6.45, 7) is 0. The Balaban J connectivity index is 2.27. The van der Waals surface area contributed by atoms with Crippen LogP contribution in [0.4, 0.5) is 0 Å². The van der Waals surface area contributed by atoms with E-state index in [2.05, 4.69) is 0 Å². The highest BCUT2D eigenvalue weighted by atomic mass is 32.2. The second-order valence-corrected chi connectivity index (χ2v) is 5.26. The van der Waals surface area contributed by atoms with Gasteiger partial charge in [-0.15, -0.1) is 11.8 Å². The summed E-state index contributed by atoms with van der Waals surface area (Å²) in [4.78, 5) is 22.9. The van der Waals surface area contributed by atoms with E-state index in [-0.39, 0.29) is 5.56 Å². The minimum Gasteiger partial charge on any atom is -0.480 e. The largest absolute Gasteiger partial charge is 0.480 e. The second-order valence-electron chi connectivity index (χ2n) is 4.08. The number of hydrogen-bond donors (Lipinski definition) is 2. The Morgan fingerprint density at radius 2 is 1.65 bits per heavy atom. The summed E-state index contributed by atoms with van der Waals surface area (Å²) in [5.74, 6) is -1.99. The van der Waals surface area contributed by atoms with E-state index >= 15 is 0 Å². The molecule has 2 rings (SSSR count). The number of aliphatic carboxylic acids is 1. The van der Waals surface area contributed by atoms with Crippen molar-refractivity contribution in [2.75, 3.05) is 0 Å². The van der Waals surface area contributed by atoms with E-state index in [0.717, 1.165) is 11.8 Å². The molecule has 20 heavy (non-hydrogen) atoms. The van der Waals surface area contributed by atoms with Crippen molar-refractivity contribution in [3.8, 4) is 0 Å². The predicted molar refractivity (Wildman–Crippen MR) is 76.1 cm³/mol. The lowest BCUT2D eigenvalue weighted by atomic mass is 10.1. The Morgan fingerprint density at radius 1 is 0.950 bits per heavy atom. The average Bonchev–Trinajstić information content (AvgIpc) is 2.45. The predicted octanol–water partition coefficient (Wildman–Crippen LogP) is 3.30. The van der Waals surface area contributed by atoms with E-state index in [0.29, 0.717) is 10.5 Å². The van der Waals surface area contributed by atoms with Gasteiger partial charge in [-0.3, -0.25) is 4.79 Å². The highest BCUT2D eigenvalue weighted by molar-refractivity contribution is 8.00. The van der Waals surface area contributed by atoms with Gasteiger partial charge >= 0.3 is 11.9 Å². The highest BCUT2D eigenvalue weighted by Gasteiger charge is 2.21. The van der Waals surface area contributed by atoms with Gasteiger partial charge in [-0.2, -0.15) is 0 Å². The first-order valence-electron chi connectivity index (χ1n) is 5.85. The molecule has 0 heterocycles. The Hall–Kier alpha value is -2.27. The Labute approximate surface area is 120 Å². The van der Waals surface area contributed by atoms with Crippen molar-refractivity contribution >= 4 is 23.7 Å². The molecular weight excluding hydrogens is 276 g/mol. The smallest absolute Gasteiger partial charge is 0.335 e. The second kappa shape index (κ2) is 6.25. The third-order valence-corrected chi connectivity index (χ3v) is 3.90. The lowest BCUT2D eigenvalue weighted by Crippen LogP contribution is -2.07. The van der Waals surface area contributed by atoms with Crippen LogP contribution < -0.4 is 0 Å². The van der Waals surface area contributed by atoms with Crippen LogP contribution in [0.1, 0.15) is 21.2 Å². The monoisotopic (exact) mass is 288 g/mol. The van der Waals surface area contributed by atoms with Gasteiger partial charge < -0.3 is 10.2 Å². The van der Waals surface area contributed by atoms with E-state index in [1.165, 1.54) is 12.1 Å². The number of carboxylic acids is 2. The average molecular weight is 288 g/mol. The summed E-state index contributed by atoms with van der Waals surface area (Å²) >= 11 is 1.12. The molecule has 0 saturated carbocycles. The lowest BCUT2D eigenvalue weighted by Gasteiger charge is -2.12. The van der Waals surface area contributed by atoms with Crippen LogP contribution in [0, 0.1) is 0 Å². The molecule has 0 amide bonds. The number of carboxylic acid groups (broad SMARTS) is 2. The van der Waals surface area contributed by atoms with Crippen molar-refractivity contribution in [1.29, 1.82) is 0 Å². The zero-order valence-electron chi connectivity index (χ0n) is 10.4. The zero-order chi connectivity index (χ0) is 14.5. The normalized spacial score (nSPS) is 11.8. The maximum absolute atomic E-state index is 11.4. The van der Waals surface area contributed by atoms with Crippen LogP contribution in [0.25, 0.3) is 0 Å². The van der Waals surface area contributed by atoms with Crippen molar-refractivity contribution in [2.45, 2.75) is 10.1 Å². The molecule has 0 aliphatic rings. The number of hydrogen-bond acceptors (Lipinski definition) is 3. The number of benzene rings is 2. The van der Waals surface area contributed by atoms with E-state index in [9.17, 15) is 14.7 Å². The van der Waals surface area contributed by atoms with E-state index < -0.39 is 17.2 Å². The third-order valence-electron chi connectivity index (χ3n) is 2.66. The summed E-state index contributed by atoms with van der Waals surface area (Å²) in [5.41, 5.74) is 0.818. The third kappa shape index (κ3) is 3.39. The van der Waals surface area contributed by atoms with Crippen molar-refractivity contribution in [1.82, 2.24) is 0 Å². The van der Waals surface area contributed by atoms with E-state index in [1.54, 1.807) is 36.4 Å². The molecule has 0 radical (unpaired) electrons. The van der Waals surface area contributed by atoms with Crippen molar-refractivity contribution in [2.24, 2.45) is 0 Å². The van der Waals surface area contributed by atoms with Crippen molar-refractivity contribution in [3.05, 3.63) is 65.7 Å². The van der Waals surface area contributed by atoms with Gasteiger partial charge in [0.15, 0.2) is 0 Å². The molecule has 0 fully saturated rings. The maximum atomic E-state index is 11.4. The molecule has 0 aromatic heterocycles. The molecule has 0 aliphatic heterocycles. The minimum atomic E-state index is -1.03. The molecule has 2 aromatic rings. The Bertz CT molecular complexity index is 625. The molecular formula is C15H12O4S. The van der Waals surface area contributed by atoms with Crippen molar-refractivity contribution < 1.29 is 19.8 Å². The number of carbonyl (C=O) groups is 2. The fourth-order valence-electron chi connectivity index (χ4n) is 1.73. The first-order chi connectivity index (χ1) is 9.58. The summed E-state index contributed by atoms with van der Waals surface area (Å²) in [6.07, 6.45) is 0. The first-order valence-corrected chi connectivity index (χ1v) is 6.73. The highest BCUT2D eigenvalue weighted by Crippen LogP contribution is 2.35. The summed E-state index contributed by atoms with van der Waals surface area (Å²) in [5, 5.41) is 17.5. The van der Waals surface area contributed by atoms with Gasteiger partial charge in [0, 0.05) is 4.90 Å². The molecule has 0 saturated heterocycles. The van der Waals surface area contributed by atoms with Crippen molar-refractivity contribution in [3.63, 3.8) is 0 Å². The fourth-order valence-corrected chi connectivity index (χ4v) is 2.75. The minimum absolute atomic E-state index is 0.146. The molecule has 4 nitrogen and oxygen atoms in total. The van der Waals surface area contributed by atoms with Crippen LogP contribution in [-0.2, 0) is 4.79 Å². The van der Waals surface area contributed by atoms with Gasteiger partial charge in [-0.05, 0) is 23.8 Å². The van der Waals surface area contributed by atoms with Gasteiger partial charge in [0.25, 0.3) is 0 Å².